The molecule has 0 spiro atoms. The van der Waals surface area contributed by atoms with Crippen molar-refractivity contribution in [2.75, 3.05) is 6.61 Å². The number of benzene rings is 1. The van der Waals surface area contributed by atoms with Crippen LogP contribution in [0, 0.1) is 0 Å². The van der Waals surface area contributed by atoms with E-state index >= 15 is 0 Å². The quantitative estimate of drug-likeness (QED) is 0.854. The molecule has 0 aliphatic heterocycles. The number of fused-ring (bicyclic) bond motifs is 1. The van der Waals surface area contributed by atoms with Gasteiger partial charge in [-0.15, -0.1) is 0 Å². The van der Waals surface area contributed by atoms with E-state index in [9.17, 15) is 18.0 Å². The van der Waals surface area contributed by atoms with Gasteiger partial charge in [-0.3, -0.25) is 0 Å². The molecule has 0 unspecified atom stereocenters. The maximum absolute atomic E-state index is 13.4. The summed E-state index contributed by atoms with van der Waals surface area (Å²) in [6.45, 7) is 1.20. The van der Waals surface area contributed by atoms with Crippen molar-refractivity contribution in [3.63, 3.8) is 0 Å². The van der Waals surface area contributed by atoms with Crippen LogP contribution in [0.2, 0.25) is 5.02 Å². The van der Waals surface area contributed by atoms with Crippen molar-refractivity contribution in [1.82, 2.24) is 4.98 Å². The van der Waals surface area contributed by atoms with Gasteiger partial charge in [0, 0.05) is 27.7 Å². The maximum Gasteiger partial charge on any atom is 0.421 e. The third-order valence-electron chi connectivity index (χ3n) is 3.11. The van der Waals surface area contributed by atoms with Crippen LogP contribution < -0.4 is 5.73 Å². The van der Waals surface area contributed by atoms with E-state index in [2.05, 4.69) is 9.72 Å². The number of alkyl halides is 3. The van der Waals surface area contributed by atoms with Crippen LogP contribution in [0.5, 0.6) is 0 Å². The molecule has 0 saturated carbocycles. The van der Waals surface area contributed by atoms with Gasteiger partial charge in [-0.25, -0.2) is 4.79 Å². The second-order valence-electron chi connectivity index (χ2n) is 4.42. The minimum absolute atomic E-state index is 0.160. The van der Waals surface area contributed by atoms with Crippen molar-refractivity contribution in [2.24, 2.45) is 5.73 Å². The van der Waals surface area contributed by atoms with Gasteiger partial charge in [0.15, 0.2) is 0 Å². The Bertz CT molecular complexity index is 684. The highest BCUT2D eigenvalue weighted by atomic mass is 35.5. The minimum Gasteiger partial charge on any atom is -0.464 e. The molecule has 0 radical (unpaired) electrons. The number of halogens is 4. The molecule has 0 amide bonds. The monoisotopic (exact) mass is 320 g/mol. The molecular weight excluding hydrogens is 309 g/mol. The first-order valence-electron chi connectivity index (χ1n) is 6.01. The molecule has 114 valence electrons. The lowest BCUT2D eigenvalue weighted by Crippen LogP contribution is -2.57. The number of carbonyl (C=O) groups excluding carboxylic acids is 1. The van der Waals surface area contributed by atoms with Gasteiger partial charge in [-0.05, 0) is 19.1 Å². The smallest absolute Gasteiger partial charge is 0.421 e. The Labute approximate surface area is 123 Å². The Morgan fingerprint density at radius 1 is 1.43 bits per heavy atom. The summed E-state index contributed by atoms with van der Waals surface area (Å²) in [5.41, 5.74) is 2.13. The van der Waals surface area contributed by atoms with Gasteiger partial charge < -0.3 is 15.5 Å². The van der Waals surface area contributed by atoms with Gasteiger partial charge in [0.05, 0.1) is 6.61 Å². The summed E-state index contributed by atoms with van der Waals surface area (Å²) in [6, 6.07) is 4.24. The van der Waals surface area contributed by atoms with E-state index in [1.54, 1.807) is 0 Å². The highest BCUT2D eigenvalue weighted by Gasteiger charge is 2.61. The molecule has 1 atom stereocenters. The molecule has 0 bridgehead atoms. The van der Waals surface area contributed by atoms with Crippen LogP contribution in [0.25, 0.3) is 10.9 Å². The van der Waals surface area contributed by atoms with Gasteiger partial charge >= 0.3 is 12.1 Å². The maximum atomic E-state index is 13.4. The zero-order valence-electron chi connectivity index (χ0n) is 10.9. The van der Waals surface area contributed by atoms with Gasteiger partial charge in [-0.2, -0.15) is 13.2 Å². The molecule has 0 aliphatic carbocycles. The third-order valence-corrected chi connectivity index (χ3v) is 3.35. The zero-order valence-corrected chi connectivity index (χ0v) is 11.7. The number of hydrogen-bond donors (Lipinski definition) is 2. The van der Waals surface area contributed by atoms with Crippen LogP contribution in [0.1, 0.15) is 12.5 Å². The van der Waals surface area contributed by atoms with Crippen LogP contribution in [0.3, 0.4) is 0 Å². The molecule has 1 heterocycles. The van der Waals surface area contributed by atoms with Crippen molar-refractivity contribution in [2.45, 2.75) is 18.6 Å². The van der Waals surface area contributed by atoms with Crippen LogP contribution in [0.4, 0.5) is 13.2 Å². The summed E-state index contributed by atoms with van der Waals surface area (Å²) in [7, 11) is 0. The fraction of sp³-hybridized carbons (Fsp3) is 0.308. The molecule has 0 fully saturated rings. The van der Waals surface area contributed by atoms with E-state index in [1.165, 1.54) is 25.1 Å². The van der Waals surface area contributed by atoms with Crippen LogP contribution >= 0.6 is 11.6 Å². The lowest BCUT2D eigenvalue weighted by atomic mass is 9.90. The van der Waals surface area contributed by atoms with E-state index in [0.717, 1.165) is 6.20 Å². The summed E-state index contributed by atoms with van der Waals surface area (Å²) < 4.78 is 44.7. The Morgan fingerprint density at radius 3 is 2.67 bits per heavy atom. The number of rotatable bonds is 3. The number of carbonyl (C=O) groups is 1. The fourth-order valence-corrected chi connectivity index (χ4v) is 2.22. The topological polar surface area (TPSA) is 68.1 Å². The highest BCUT2D eigenvalue weighted by Crippen LogP contribution is 2.41. The van der Waals surface area contributed by atoms with Crippen molar-refractivity contribution >= 4 is 28.5 Å². The Hall–Kier alpha value is -1.73. The second-order valence-corrected chi connectivity index (χ2v) is 4.85. The minimum atomic E-state index is -5.01. The van der Waals surface area contributed by atoms with E-state index < -0.39 is 23.2 Å². The predicted octanol–water partition coefficient (Wildman–Crippen LogP) is 3.10. The summed E-state index contributed by atoms with van der Waals surface area (Å²) >= 11 is 5.78. The van der Waals surface area contributed by atoms with Gasteiger partial charge in [0.1, 0.15) is 0 Å². The Morgan fingerprint density at radius 2 is 2.10 bits per heavy atom. The number of aromatic amines is 1. The lowest BCUT2D eigenvalue weighted by Gasteiger charge is -2.29. The molecular formula is C13H12ClF3N2O2. The molecule has 1 aromatic heterocycles. The molecule has 0 saturated heterocycles. The number of hydrogen-bond acceptors (Lipinski definition) is 3. The normalized spacial score (nSPS) is 15.0. The number of ether oxygens (including phenoxy) is 1. The lowest BCUT2D eigenvalue weighted by molar-refractivity contribution is -0.208. The summed E-state index contributed by atoms with van der Waals surface area (Å²) in [6.07, 6.45) is -3.96. The fourth-order valence-electron chi connectivity index (χ4n) is 2.05. The molecule has 2 aromatic rings. The van der Waals surface area contributed by atoms with E-state index in [-0.39, 0.29) is 12.0 Å². The molecule has 3 N–H and O–H groups in total. The number of nitrogens with one attached hydrogen (secondary N) is 1. The average Bonchev–Trinajstić information content (AvgIpc) is 2.79. The Kier molecular flexibility index (Phi) is 3.90. The summed E-state index contributed by atoms with van der Waals surface area (Å²) in [5, 5.41) is 0.508. The van der Waals surface area contributed by atoms with E-state index in [4.69, 9.17) is 17.3 Å². The summed E-state index contributed by atoms with van der Waals surface area (Å²) in [4.78, 5) is 14.4. The zero-order chi connectivity index (χ0) is 15.8. The largest absolute Gasteiger partial charge is 0.464 e. The van der Waals surface area contributed by atoms with Gasteiger partial charge in [0.25, 0.3) is 0 Å². The third kappa shape index (κ3) is 2.47. The number of aromatic nitrogens is 1. The van der Waals surface area contributed by atoms with Crippen molar-refractivity contribution in [3.05, 3.63) is 35.0 Å². The SMILES string of the molecule is CCOC(=O)[C@](N)(c1c[nH]c2cc(Cl)ccc12)C(F)(F)F. The summed E-state index contributed by atoms with van der Waals surface area (Å²) in [5.74, 6) is -1.55. The molecule has 21 heavy (non-hydrogen) atoms. The number of esters is 1. The first-order valence-corrected chi connectivity index (χ1v) is 6.39. The number of H-pyrrole nitrogens is 1. The molecule has 4 nitrogen and oxygen atoms in total. The number of nitrogens with two attached hydrogens (primary N) is 1. The first-order chi connectivity index (χ1) is 9.71. The first kappa shape index (κ1) is 15.7. The van der Waals surface area contributed by atoms with E-state index in [1.807, 2.05) is 0 Å². The van der Waals surface area contributed by atoms with Crippen LogP contribution in [-0.2, 0) is 15.1 Å². The van der Waals surface area contributed by atoms with Gasteiger partial charge in [0.2, 0.25) is 5.54 Å². The molecule has 2 rings (SSSR count). The second kappa shape index (κ2) is 5.23. The molecule has 0 aliphatic rings. The van der Waals surface area contributed by atoms with Crippen LogP contribution in [0.15, 0.2) is 24.4 Å². The molecule has 1 aromatic carbocycles. The standard InChI is InChI=1S/C13H12ClF3N2O2/c1-2-21-11(20)12(18,13(15,16)17)9-6-19-10-5-7(14)3-4-8(9)10/h3-6,19H,2,18H2,1H3/t12-/m1/s1. The van der Waals surface area contributed by atoms with Crippen molar-refractivity contribution < 1.29 is 22.7 Å². The molecule has 8 heteroatoms. The average molecular weight is 321 g/mol. The highest BCUT2D eigenvalue weighted by molar-refractivity contribution is 6.31. The van der Waals surface area contributed by atoms with Crippen molar-refractivity contribution in [3.8, 4) is 0 Å². The van der Waals surface area contributed by atoms with E-state index in [0.29, 0.717) is 10.5 Å². The Balaban J connectivity index is 2.68. The predicted molar refractivity (Wildman–Crippen MR) is 71.9 cm³/mol. The van der Waals surface area contributed by atoms with Gasteiger partial charge in [-0.1, -0.05) is 17.7 Å². The van der Waals surface area contributed by atoms with Crippen LogP contribution in [-0.4, -0.2) is 23.7 Å². The van der Waals surface area contributed by atoms with Crippen molar-refractivity contribution in [1.29, 1.82) is 0 Å².